The molecule has 0 radical (unpaired) electrons. The Morgan fingerprint density at radius 3 is 2.23 bits per heavy atom. The maximum Gasteiger partial charge on any atom is 0.237 e. The average molecular weight is 398 g/mol. The Bertz CT molecular complexity index is 1050. The highest BCUT2D eigenvalue weighted by molar-refractivity contribution is 5.88. The van der Waals surface area contributed by atoms with Crippen LogP contribution in [0.1, 0.15) is 16.8 Å². The molecule has 4 aromatic rings. The van der Waals surface area contributed by atoms with Crippen molar-refractivity contribution in [2.24, 2.45) is 0 Å². The minimum Gasteiger partial charge on any atom is -0.357 e. The third-order valence-corrected chi connectivity index (χ3v) is 5.37. The number of hydrogen-bond donors (Lipinski definition) is 3. The molecule has 0 saturated heterocycles. The number of amides is 1. The van der Waals surface area contributed by atoms with Gasteiger partial charge in [0.25, 0.3) is 0 Å². The number of para-hydroxylation sites is 1. The Morgan fingerprint density at radius 2 is 1.50 bits per heavy atom. The predicted octanol–water partition coefficient (Wildman–Crippen LogP) is 4.23. The first-order valence-corrected chi connectivity index (χ1v) is 10.4. The molecule has 2 heterocycles. The number of nitrogens with one attached hydrogen (secondary N) is 3. The summed E-state index contributed by atoms with van der Waals surface area (Å²) in [4.78, 5) is 15.9. The number of aromatic nitrogens is 1. The second kappa shape index (κ2) is 9.90. The van der Waals surface area contributed by atoms with Gasteiger partial charge in [0, 0.05) is 29.7 Å². The van der Waals surface area contributed by atoms with Crippen LogP contribution in [-0.4, -0.2) is 23.5 Å². The van der Waals surface area contributed by atoms with Gasteiger partial charge in [0.2, 0.25) is 5.91 Å². The van der Waals surface area contributed by atoms with Crippen molar-refractivity contribution in [2.75, 3.05) is 6.54 Å². The lowest BCUT2D eigenvalue weighted by atomic mass is 9.98. The first-order valence-electron chi connectivity index (χ1n) is 10.4. The van der Waals surface area contributed by atoms with Crippen LogP contribution < -0.4 is 10.6 Å². The van der Waals surface area contributed by atoms with Crippen LogP contribution in [0.4, 0.5) is 0 Å². The highest BCUT2D eigenvalue weighted by atomic mass is 16.2. The van der Waals surface area contributed by atoms with E-state index >= 15 is 0 Å². The summed E-state index contributed by atoms with van der Waals surface area (Å²) in [7, 11) is 0. The van der Waals surface area contributed by atoms with Crippen LogP contribution in [-0.2, 0) is 24.2 Å². The first kappa shape index (κ1) is 19.9. The van der Waals surface area contributed by atoms with Crippen molar-refractivity contribution in [2.45, 2.75) is 25.4 Å². The Kier molecular flexibility index (Phi) is 6.58. The summed E-state index contributed by atoms with van der Waals surface area (Å²) >= 11 is 0. The molecule has 1 aromatic heterocycles. The van der Waals surface area contributed by atoms with Gasteiger partial charge < -0.3 is 10.3 Å². The summed E-state index contributed by atoms with van der Waals surface area (Å²) in [5.74, 6) is 0.0851. The van der Waals surface area contributed by atoms with Gasteiger partial charge in [-0.2, -0.15) is 0 Å². The van der Waals surface area contributed by atoms with E-state index in [-0.39, 0.29) is 11.9 Å². The van der Waals surface area contributed by atoms with Crippen LogP contribution >= 0.6 is 0 Å². The van der Waals surface area contributed by atoms with E-state index in [1.807, 2.05) is 66.7 Å². The number of rotatable bonds is 4. The van der Waals surface area contributed by atoms with E-state index in [1.165, 1.54) is 22.2 Å². The van der Waals surface area contributed by atoms with Gasteiger partial charge in [-0.3, -0.25) is 10.1 Å². The molecule has 3 N–H and O–H groups in total. The maximum absolute atomic E-state index is 12.5. The lowest BCUT2D eigenvalue weighted by Gasteiger charge is -2.23. The lowest BCUT2D eigenvalue weighted by molar-refractivity contribution is -0.123. The number of hydrogen-bond acceptors (Lipinski definition) is 2. The van der Waals surface area contributed by atoms with Crippen LogP contribution in [0, 0.1) is 0 Å². The van der Waals surface area contributed by atoms with Crippen molar-refractivity contribution < 1.29 is 4.79 Å². The molecular formula is C26H27N3O. The van der Waals surface area contributed by atoms with Gasteiger partial charge in [-0.15, -0.1) is 0 Å². The second-order valence-electron chi connectivity index (χ2n) is 7.45. The first-order chi connectivity index (χ1) is 14.8. The largest absolute Gasteiger partial charge is 0.357 e. The Labute approximate surface area is 177 Å². The highest BCUT2D eigenvalue weighted by Crippen LogP contribution is 2.26. The molecule has 0 spiro atoms. The molecule has 30 heavy (non-hydrogen) atoms. The molecule has 1 aliphatic heterocycles. The quantitative estimate of drug-likeness (QED) is 0.483. The third-order valence-electron chi connectivity index (χ3n) is 5.37. The van der Waals surface area contributed by atoms with Crippen molar-refractivity contribution in [1.29, 1.82) is 0 Å². The van der Waals surface area contributed by atoms with E-state index in [0.717, 1.165) is 18.4 Å². The van der Waals surface area contributed by atoms with Gasteiger partial charge in [-0.05, 0) is 30.0 Å². The molecule has 4 nitrogen and oxygen atoms in total. The molecule has 1 amide bonds. The number of fused-ring (bicyclic) bond motifs is 3. The fourth-order valence-electron chi connectivity index (χ4n) is 3.81. The summed E-state index contributed by atoms with van der Waals surface area (Å²) in [6, 6.07) is 30.4. The van der Waals surface area contributed by atoms with Crippen LogP contribution in [0.15, 0.2) is 91.0 Å². The normalized spacial score (nSPS) is 15.0. The minimum absolute atomic E-state index is 0.0851. The zero-order chi connectivity index (χ0) is 20.6. The van der Waals surface area contributed by atoms with E-state index in [2.05, 4.69) is 39.9 Å². The van der Waals surface area contributed by atoms with Crippen LogP contribution in [0.5, 0.6) is 0 Å². The topological polar surface area (TPSA) is 56.9 Å². The van der Waals surface area contributed by atoms with E-state index in [1.54, 1.807) is 0 Å². The molecule has 0 fully saturated rings. The summed E-state index contributed by atoms with van der Waals surface area (Å²) in [6.07, 6.45) is 1.59. The van der Waals surface area contributed by atoms with Crippen LogP contribution in [0.2, 0.25) is 0 Å². The lowest BCUT2D eigenvalue weighted by Crippen LogP contribution is -2.48. The predicted molar refractivity (Wildman–Crippen MR) is 122 cm³/mol. The smallest absolute Gasteiger partial charge is 0.237 e. The second-order valence-corrected chi connectivity index (χ2v) is 7.45. The zero-order valence-electron chi connectivity index (χ0n) is 17.0. The standard InChI is InChI=1S/C20H21N3O.C6H6/c24-20(21-11-10-14-6-2-1-3-7-14)18-12-16-15-8-4-5-9-17(15)23-19(16)13-22-18;1-2-4-6-5-3-1/h1-9,18,22-23H,10-13H2,(H,21,24);1-6H/t18-;/m1./s1. The number of aromatic amines is 1. The molecule has 0 saturated carbocycles. The van der Waals surface area contributed by atoms with Gasteiger partial charge in [0.15, 0.2) is 0 Å². The van der Waals surface area contributed by atoms with E-state index < -0.39 is 0 Å². The fraction of sp³-hybridized carbons (Fsp3) is 0.192. The number of H-pyrrole nitrogens is 1. The van der Waals surface area contributed by atoms with Gasteiger partial charge >= 0.3 is 0 Å². The number of benzene rings is 3. The number of carbonyl (C=O) groups excluding carboxylic acids is 1. The van der Waals surface area contributed by atoms with Crippen molar-refractivity contribution in [3.8, 4) is 0 Å². The summed E-state index contributed by atoms with van der Waals surface area (Å²) in [5.41, 5.74) is 4.86. The molecule has 152 valence electrons. The molecule has 1 aliphatic rings. The van der Waals surface area contributed by atoms with Gasteiger partial charge in [0.05, 0.1) is 6.04 Å². The molecule has 1 atom stereocenters. The zero-order valence-corrected chi connectivity index (χ0v) is 17.0. The SMILES string of the molecule is O=C(NCCc1ccccc1)[C@H]1Cc2c([nH]c3ccccc23)CN1.c1ccccc1. The van der Waals surface area contributed by atoms with E-state index in [4.69, 9.17) is 0 Å². The van der Waals surface area contributed by atoms with Gasteiger partial charge in [-0.25, -0.2) is 0 Å². The monoisotopic (exact) mass is 397 g/mol. The van der Waals surface area contributed by atoms with Crippen molar-refractivity contribution in [1.82, 2.24) is 15.6 Å². The van der Waals surface area contributed by atoms with Crippen molar-refractivity contribution in [3.63, 3.8) is 0 Å². The summed E-state index contributed by atoms with van der Waals surface area (Å²) < 4.78 is 0. The molecular weight excluding hydrogens is 370 g/mol. The molecule has 0 bridgehead atoms. The molecule has 0 unspecified atom stereocenters. The van der Waals surface area contributed by atoms with Crippen molar-refractivity contribution in [3.05, 3.63) is 108 Å². The maximum atomic E-state index is 12.5. The Morgan fingerprint density at radius 1 is 0.867 bits per heavy atom. The summed E-state index contributed by atoms with van der Waals surface area (Å²) in [6.45, 7) is 1.38. The minimum atomic E-state index is -0.160. The molecule has 3 aromatic carbocycles. The average Bonchev–Trinajstić information content (AvgIpc) is 3.19. The van der Waals surface area contributed by atoms with Crippen molar-refractivity contribution >= 4 is 16.8 Å². The number of carbonyl (C=O) groups is 1. The fourth-order valence-corrected chi connectivity index (χ4v) is 3.81. The molecule has 0 aliphatic carbocycles. The van der Waals surface area contributed by atoms with E-state index in [9.17, 15) is 4.79 Å². The summed E-state index contributed by atoms with van der Waals surface area (Å²) in [5, 5.41) is 7.63. The van der Waals surface area contributed by atoms with E-state index in [0.29, 0.717) is 13.1 Å². The van der Waals surface area contributed by atoms with Crippen LogP contribution in [0.25, 0.3) is 10.9 Å². The van der Waals surface area contributed by atoms with Gasteiger partial charge in [0.1, 0.15) is 0 Å². The molecule has 4 heteroatoms. The third kappa shape index (κ3) is 4.97. The highest BCUT2D eigenvalue weighted by Gasteiger charge is 2.26. The van der Waals surface area contributed by atoms with Crippen LogP contribution in [0.3, 0.4) is 0 Å². The van der Waals surface area contributed by atoms with Gasteiger partial charge in [-0.1, -0.05) is 84.9 Å². The Balaban J connectivity index is 0.000000313. The Hall–Kier alpha value is -3.37. The molecule has 5 rings (SSSR count).